The zero-order chi connectivity index (χ0) is 17.1. The first-order valence-corrected chi connectivity index (χ1v) is 10.2. The molecular formula is C19H19N3OS2. The molecule has 1 aliphatic rings. The van der Waals surface area contributed by atoms with Crippen LogP contribution in [0.3, 0.4) is 0 Å². The number of benzene rings is 2. The molecule has 0 saturated carbocycles. The number of thiazole rings is 1. The maximum atomic E-state index is 12.5. The summed E-state index contributed by atoms with van der Waals surface area (Å²) in [5.74, 6) is 0.994. The van der Waals surface area contributed by atoms with Gasteiger partial charge in [-0.2, -0.15) is 0 Å². The zero-order valence-electron chi connectivity index (χ0n) is 13.8. The van der Waals surface area contributed by atoms with Crippen molar-refractivity contribution in [3.8, 4) is 0 Å². The molecule has 1 aliphatic heterocycles. The fraction of sp³-hybridized carbons (Fsp3) is 0.263. The van der Waals surface area contributed by atoms with E-state index in [1.807, 2.05) is 35.2 Å². The normalized spacial score (nSPS) is 14.8. The molecular weight excluding hydrogens is 350 g/mol. The summed E-state index contributed by atoms with van der Waals surface area (Å²) in [4.78, 5) is 19.0. The minimum absolute atomic E-state index is 0.131. The number of rotatable bonds is 4. The Balaban J connectivity index is 1.39. The van der Waals surface area contributed by atoms with Crippen LogP contribution in [0.5, 0.6) is 0 Å². The Hall–Kier alpha value is -1.89. The van der Waals surface area contributed by atoms with Crippen molar-refractivity contribution in [1.82, 2.24) is 15.2 Å². The lowest BCUT2D eigenvalue weighted by molar-refractivity contribution is 0.0736. The lowest BCUT2D eigenvalue weighted by Gasteiger charge is -2.27. The summed E-state index contributed by atoms with van der Waals surface area (Å²) in [5.41, 5.74) is 3.05. The lowest BCUT2D eigenvalue weighted by Crippen LogP contribution is -2.46. The number of thioether (sulfide) groups is 1. The average Bonchev–Trinajstić information content (AvgIpc) is 3.10. The number of para-hydroxylation sites is 1. The smallest absolute Gasteiger partial charge is 0.253 e. The SMILES string of the molecule is O=C(c1ccc(CSc2nc3ccccc3s2)cc1)N1CCNCC1. The number of carbonyl (C=O) groups is 1. The van der Waals surface area contributed by atoms with Crippen molar-refractivity contribution in [2.45, 2.75) is 10.1 Å². The van der Waals surface area contributed by atoms with Gasteiger partial charge in [-0.25, -0.2) is 4.98 Å². The van der Waals surface area contributed by atoms with Crippen LogP contribution in [0, 0.1) is 0 Å². The lowest BCUT2D eigenvalue weighted by atomic mass is 10.1. The predicted molar refractivity (Wildman–Crippen MR) is 104 cm³/mol. The van der Waals surface area contributed by atoms with Crippen LogP contribution in [-0.2, 0) is 5.75 Å². The van der Waals surface area contributed by atoms with Gasteiger partial charge >= 0.3 is 0 Å². The third-order valence-corrected chi connectivity index (χ3v) is 6.49. The first-order valence-electron chi connectivity index (χ1n) is 8.37. The van der Waals surface area contributed by atoms with Crippen LogP contribution < -0.4 is 5.32 Å². The summed E-state index contributed by atoms with van der Waals surface area (Å²) < 4.78 is 2.31. The Morgan fingerprint density at radius 2 is 1.88 bits per heavy atom. The van der Waals surface area contributed by atoms with Gasteiger partial charge in [0.2, 0.25) is 0 Å². The van der Waals surface area contributed by atoms with Crippen LogP contribution in [0.4, 0.5) is 0 Å². The van der Waals surface area contributed by atoms with E-state index in [0.717, 1.165) is 47.4 Å². The van der Waals surface area contributed by atoms with E-state index in [1.165, 1.54) is 10.3 Å². The van der Waals surface area contributed by atoms with Crippen LogP contribution in [-0.4, -0.2) is 42.0 Å². The maximum Gasteiger partial charge on any atom is 0.253 e. The topological polar surface area (TPSA) is 45.2 Å². The molecule has 0 aliphatic carbocycles. The second-order valence-corrected chi connectivity index (χ2v) is 8.23. The van der Waals surface area contributed by atoms with Gasteiger partial charge in [0.05, 0.1) is 10.2 Å². The van der Waals surface area contributed by atoms with Gasteiger partial charge in [-0.3, -0.25) is 4.79 Å². The third-order valence-electron chi connectivity index (χ3n) is 4.24. The van der Waals surface area contributed by atoms with Gasteiger partial charge in [0.25, 0.3) is 5.91 Å². The van der Waals surface area contributed by atoms with Crippen molar-refractivity contribution >= 4 is 39.2 Å². The predicted octanol–water partition coefficient (Wildman–Crippen LogP) is 3.63. The molecule has 0 spiro atoms. The zero-order valence-corrected chi connectivity index (χ0v) is 15.4. The fourth-order valence-corrected chi connectivity index (χ4v) is 4.88. The molecule has 4 rings (SSSR count). The number of piperazine rings is 1. The van der Waals surface area contributed by atoms with Crippen molar-refractivity contribution in [3.63, 3.8) is 0 Å². The molecule has 1 fully saturated rings. The van der Waals surface area contributed by atoms with Gasteiger partial charge in [0, 0.05) is 37.5 Å². The number of fused-ring (bicyclic) bond motifs is 1. The van der Waals surface area contributed by atoms with Crippen LogP contribution >= 0.6 is 23.1 Å². The number of nitrogens with zero attached hydrogens (tertiary/aromatic N) is 2. The maximum absolute atomic E-state index is 12.5. The van der Waals surface area contributed by atoms with Gasteiger partial charge in [-0.05, 0) is 29.8 Å². The molecule has 1 amide bonds. The highest BCUT2D eigenvalue weighted by molar-refractivity contribution is 8.00. The quantitative estimate of drug-likeness (QED) is 0.713. The Kier molecular flexibility index (Phi) is 5.01. The number of hydrogen-bond donors (Lipinski definition) is 1. The molecule has 0 atom stereocenters. The number of nitrogens with one attached hydrogen (secondary N) is 1. The highest BCUT2D eigenvalue weighted by atomic mass is 32.2. The van der Waals surface area contributed by atoms with Gasteiger partial charge in [0.1, 0.15) is 0 Å². The second kappa shape index (κ2) is 7.56. The molecule has 6 heteroatoms. The molecule has 1 saturated heterocycles. The summed E-state index contributed by atoms with van der Waals surface area (Å²) in [5, 5.41) is 3.27. The van der Waals surface area contributed by atoms with E-state index < -0.39 is 0 Å². The highest BCUT2D eigenvalue weighted by Crippen LogP contribution is 2.31. The molecule has 2 heterocycles. The summed E-state index contributed by atoms with van der Waals surface area (Å²) >= 11 is 3.47. The first kappa shape index (κ1) is 16.6. The molecule has 4 nitrogen and oxygen atoms in total. The minimum Gasteiger partial charge on any atom is -0.336 e. The second-order valence-electron chi connectivity index (χ2n) is 5.98. The molecule has 0 unspecified atom stereocenters. The summed E-state index contributed by atoms with van der Waals surface area (Å²) in [6.07, 6.45) is 0. The van der Waals surface area contributed by atoms with Gasteiger partial charge in [0.15, 0.2) is 4.34 Å². The van der Waals surface area contributed by atoms with E-state index in [-0.39, 0.29) is 5.91 Å². The molecule has 0 bridgehead atoms. The Morgan fingerprint density at radius 3 is 2.64 bits per heavy atom. The van der Waals surface area contributed by atoms with Crippen molar-refractivity contribution in [2.75, 3.05) is 26.2 Å². The number of amides is 1. The average molecular weight is 370 g/mol. The Morgan fingerprint density at radius 1 is 1.12 bits per heavy atom. The largest absolute Gasteiger partial charge is 0.336 e. The Labute approximate surface area is 155 Å². The molecule has 3 aromatic rings. The molecule has 128 valence electrons. The van der Waals surface area contributed by atoms with Crippen molar-refractivity contribution in [3.05, 3.63) is 59.7 Å². The molecule has 25 heavy (non-hydrogen) atoms. The van der Waals surface area contributed by atoms with Crippen LogP contribution in [0.2, 0.25) is 0 Å². The van der Waals surface area contributed by atoms with Gasteiger partial charge in [-0.1, -0.05) is 36.0 Å². The standard InChI is InChI=1S/C19H19N3OS2/c23-18(22-11-9-20-10-12-22)15-7-5-14(6-8-15)13-24-19-21-16-3-1-2-4-17(16)25-19/h1-8,20H,9-13H2. The van der Waals surface area contributed by atoms with Crippen LogP contribution in [0.25, 0.3) is 10.2 Å². The fourth-order valence-electron chi connectivity index (χ4n) is 2.85. The molecule has 0 radical (unpaired) electrons. The van der Waals surface area contributed by atoms with Crippen molar-refractivity contribution in [2.24, 2.45) is 0 Å². The monoisotopic (exact) mass is 369 g/mol. The Bertz CT molecular complexity index is 837. The first-order chi connectivity index (χ1) is 12.3. The van der Waals surface area contributed by atoms with E-state index >= 15 is 0 Å². The van der Waals surface area contributed by atoms with Crippen LogP contribution in [0.15, 0.2) is 52.9 Å². The number of carbonyl (C=O) groups excluding carboxylic acids is 1. The summed E-state index contributed by atoms with van der Waals surface area (Å²) in [6, 6.07) is 16.2. The number of aromatic nitrogens is 1. The molecule has 1 aromatic heterocycles. The summed E-state index contributed by atoms with van der Waals surface area (Å²) in [6.45, 7) is 3.33. The van der Waals surface area contributed by atoms with Crippen molar-refractivity contribution in [1.29, 1.82) is 0 Å². The van der Waals surface area contributed by atoms with E-state index in [9.17, 15) is 4.79 Å². The van der Waals surface area contributed by atoms with Gasteiger partial charge < -0.3 is 10.2 Å². The highest BCUT2D eigenvalue weighted by Gasteiger charge is 2.17. The molecule has 2 aromatic carbocycles. The van der Waals surface area contributed by atoms with E-state index in [2.05, 4.69) is 28.5 Å². The molecule has 1 N–H and O–H groups in total. The van der Waals surface area contributed by atoms with Crippen LogP contribution in [0.1, 0.15) is 15.9 Å². The van der Waals surface area contributed by atoms with Crippen molar-refractivity contribution < 1.29 is 4.79 Å². The van der Waals surface area contributed by atoms with E-state index in [0.29, 0.717) is 0 Å². The third kappa shape index (κ3) is 3.86. The summed E-state index contributed by atoms with van der Waals surface area (Å²) in [7, 11) is 0. The number of hydrogen-bond acceptors (Lipinski definition) is 5. The van der Waals surface area contributed by atoms with E-state index in [1.54, 1.807) is 23.1 Å². The minimum atomic E-state index is 0.131. The van der Waals surface area contributed by atoms with E-state index in [4.69, 9.17) is 0 Å². The van der Waals surface area contributed by atoms with Gasteiger partial charge in [-0.15, -0.1) is 11.3 Å².